The topological polar surface area (TPSA) is 76.2 Å². The average molecular weight is 424 g/mol. The van der Waals surface area contributed by atoms with Crippen LogP contribution in [0.5, 0.6) is 0 Å². The van der Waals surface area contributed by atoms with Crippen LogP contribution in [0.4, 0.5) is 5.69 Å². The van der Waals surface area contributed by atoms with Crippen molar-refractivity contribution < 1.29 is 4.79 Å². The van der Waals surface area contributed by atoms with E-state index in [-0.39, 0.29) is 11.9 Å². The van der Waals surface area contributed by atoms with Crippen molar-refractivity contribution in [3.8, 4) is 11.3 Å². The van der Waals surface area contributed by atoms with Crippen molar-refractivity contribution in [1.82, 2.24) is 14.7 Å². The van der Waals surface area contributed by atoms with Gasteiger partial charge in [0.2, 0.25) is 0 Å². The molecule has 1 atom stereocenters. The Kier molecular flexibility index (Phi) is 5.79. The highest BCUT2D eigenvalue weighted by atomic mass is 35.5. The lowest BCUT2D eigenvalue weighted by atomic mass is 10.1. The van der Waals surface area contributed by atoms with Crippen molar-refractivity contribution in [3.05, 3.63) is 70.4 Å². The van der Waals surface area contributed by atoms with Crippen LogP contribution in [-0.4, -0.2) is 33.7 Å². The van der Waals surface area contributed by atoms with Crippen LogP contribution in [-0.2, 0) is 13.1 Å². The lowest BCUT2D eigenvalue weighted by molar-refractivity contribution is 0.0651. The molecule has 0 bridgehead atoms. The summed E-state index contributed by atoms with van der Waals surface area (Å²) in [5.41, 5.74) is 11.1. The molecule has 1 aromatic heterocycles. The molecule has 1 aliphatic rings. The van der Waals surface area contributed by atoms with Gasteiger partial charge in [-0.2, -0.15) is 5.10 Å². The minimum Gasteiger partial charge on any atom is -0.385 e. The van der Waals surface area contributed by atoms with E-state index in [1.165, 1.54) is 0 Å². The van der Waals surface area contributed by atoms with Gasteiger partial charge in [0.1, 0.15) is 5.69 Å². The molecular weight excluding hydrogens is 398 g/mol. The second-order valence-electron chi connectivity index (χ2n) is 7.63. The zero-order valence-electron chi connectivity index (χ0n) is 17.2. The van der Waals surface area contributed by atoms with Gasteiger partial charge >= 0.3 is 0 Å². The molecular formula is C23H26ClN5O. The van der Waals surface area contributed by atoms with Crippen LogP contribution in [0.25, 0.3) is 11.3 Å². The van der Waals surface area contributed by atoms with Gasteiger partial charge in [-0.05, 0) is 49.2 Å². The van der Waals surface area contributed by atoms with E-state index in [1.54, 1.807) is 0 Å². The van der Waals surface area contributed by atoms with Crippen LogP contribution in [0.15, 0.2) is 48.5 Å². The maximum atomic E-state index is 13.2. The number of nitrogens with two attached hydrogens (primary N) is 1. The molecule has 0 fully saturated rings. The number of benzene rings is 2. The summed E-state index contributed by atoms with van der Waals surface area (Å²) >= 11 is 6.17. The molecule has 3 N–H and O–H groups in total. The Morgan fingerprint density at radius 1 is 1.17 bits per heavy atom. The summed E-state index contributed by atoms with van der Waals surface area (Å²) in [6.07, 6.45) is 0. The molecule has 4 rings (SSSR count). The molecule has 30 heavy (non-hydrogen) atoms. The highest BCUT2D eigenvalue weighted by molar-refractivity contribution is 6.31. The molecule has 0 unspecified atom stereocenters. The first-order valence-electron chi connectivity index (χ1n) is 10.2. The third-order valence-corrected chi connectivity index (χ3v) is 5.64. The Bertz CT molecular complexity index is 1060. The first kappa shape index (κ1) is 20.4. The van der Waals surface area contributed by atoms with E-state index in [0.717, 1.165) is 34.6 Å². The van der Waals surface area contributed by atoms with Gasteiger partial charge in [0.15, 0.2) is 0 Å². The number of carbonyl (C=O) groups is 1. The Balaban J connectivity index is 1.63. The van der Waals surface area contributed by atoms with E-state index in [9.17, 15) is 4.79 Å². The van der Waals surface area contributed by atoms with E-state index in [0.29, 0.717) is 30.4 Å². The summed E-state index contributed by atoms with van der Waals surface area (Å²) in [5, 5.41) is 8.75. The van der Waals surface area contributed by atoms with Crippen LogP contribution in [0.2, 0.25) is 5.02 Å². The molecule has 0 saturated heterocycles. The fourth-order valence-corrected chi connectivity index (χ4v) is 4.05. The monoisotopic (exact) mass is 423 g/mol. The van der Waals surface area contributed by atoms with Crippen LogP contribution in [0.3, 0.4) is 0 Å². The van der Waals surface area contributed by atoms with E-state index in [2.05, 4.69) is 12.2 Å². The summed E-state index contributed by atoms with van der Waals surface area (Å²) in [4.78, 5) is 15.1. The minimum atomic E-state index is -0.00582. The molecule has 156 valence electrons. The van der Waals surface area contributed by atoms with Crippen LogP contribution in [0.1, 0.15) is 41.5 Å². The number of hydrogen-bond acceptors (Lipinski definition) is 4. The molecule has 1 aliphatic heterocycles. The number of amides is 1. The lowest BCUT2D eigenvalue weighted by Crippen LogP contribution is -2.41. The van der Waals surface area contributed by atoms with E-state index < -0.39 is 0 Å². The Morgan fingerprint density at radius 2 is 1.90 bits per heavy atom. The van der Waals surface area contributed by atoms with Gasteiger partial charge in [0.05, 0.1) is 11.7 Å². The summed E-state index contributed by atoms with van der Waals surface area (Å²) < 4.78 is 1.84. The highest BCUT2D eigenvalue weighted by Crippen LogP contribution is 2.33. The lowest BCUT2D eigenvalue weighted by Gasteiger charge is -2.31. The fraction of sp³-hybridized carbons (Fsp3) is 0.304. The molecule has 2 heterocycles. The predicted octanol–water partition coefficient (Wildman–Crippen LogP) is 4.31. The summed E-state index contributed by atoms with van der Waals surface area (Å²) in [6, 6.07) is 15.7. The summed E-state index contributed by atoms with van der Waals surface area (Å²) in [6.45, 7) is 6.59. The second-order valence-corrected chi connectivity index (χ2v) is 8.07. The number of fused-ring (bicyclic) bond motifs is 1. The molecule has 6 nitrogen and oxygen atoms in total. The summed E-state index contributed by atoms with van der Waals surface area (Å²) in [5.74, 6) is -0.00582. The van der Waals surface area contributed by atoms with Gasteiger partial charge < -0.3 is 16.0 Å². The van der Waals surface area contributed by atoms with Crippen molar-refractivity contribution in [2.45, 2.75) is 33.0 Å². The molecule has 1 amide bonds. The molecule has 7 heteroatoms. The molecule has 2 aromatic carbocycles. The number of aromatic nitrogens is 2. The molecule has 0 spiro atoms. The van der Waals surface area contributed by atoms with Gasteiger partial charge in [0, 0.05) is 42.5 Å². The second kappa shape index (κ2) is 8.50. The van der Waals surface area contributed by atoms with Gasteiger partial charge in [0.25, 0.3) is 5.91 Å². The Morgan fingerprint density at radius 3 is 2.60 bits per heavy atom. The van der Waals surface area contributed by atoms with Crippen molar-refractivity contribution in [2.75, 3.05) is 18.4 Å². The maximum absolute atomic E-state index is 13.2. The molecule has 0 aliphatic carbocycles. The number of rotatable bonds is 6. The van der Waals surface area contributed by atoms with Gasteiger partial charge in [-0.1, -0.05) is 35.9 Å². The number of halogens is 1. The van der Waals surface area contributed by atoms with Gasteiger partial charge in [-0.25, -0.2) is 0 Å². The van der Waals surface area contributed by atoms with E-state index in [1.807, 2.05) is 65.0 Å². The average Bonchev–Trinajstić information content (AvgIpc) is 3.19. The SMILES string of the molecule is CCNc1cc(Cl)ccc1-c1cc2n(n1)[C@@H](C)CN(Cc1ccc(CN)cc1)C2=O. The largest absolute Gasteiger partial charge is 0.385 e. The molecule has 0 radical (unpaired) electrons. The number of anilines is 1. The zero-order chi connectivity index (χ0) is 21.3. The smallest absolute Gasteiger partial charge is 0.272 e. The number of nitrogens with zero attached hydrogens (tertiary/aromatic N) is 3. The number of nitrogens with one attached hydrogen (secondary N) is 1. The highest BCUT2D eigenvalue weighted by Gasteiger charge is 2.31. The first-order chi connectivity index (χ1) is 14.5. The Labute approximate surface area is 181 Å². The fourth-order valence-electron chi connectivity index (χ4n) is 3.88. The van der Waals surface area contributed by atoms with Crippen LogP contribution >= 0.6 is 11.6 Å². The van der Waals surface area contributed by atoms with Gasteiger partial charge in [-0.3, -0.25) is 9.48 Å². The van der Waals surface area contributed by atoms with Crippen LogP contribution in [0, 0.1) is 0 Å². The van der Waals surface area contributed by atoms with E-state index in [4.69, 9.17) is 22.4 Å². The zero-order valence-corrected chi connectivity index (χ0v) is 18.0. The normalized spacial score (nSPS) is 15.9. The number of carbonyl (C=O) groups excluding carboxylic acids is 1. The van der Waals surface area contributed by atoms with Crippen molar-refractivity contribution in [2.24, 2.45) is 5.73 Å². The standard InChI is InChI=1S/C23H26ClN5O/c1-3-26-20-10-18(24)8-9-19(20)21-11-22-23(30)28(13-15(2)29(22)27-21)14-17-6-4-16(12-25)5-7-17/h4-11,15,26H,3,12-14,25H2,1-2H3/t15-/m0/s1. The van der Waals surface area contributed by atoms with Crippen molar-refractivity contribution in [1.29, 1.82) is 0 Å². The van der Waals surface area contributed by atoms with Crippen molar-refractivity contribution in [3.63, 3.8) is 0 Å². The first-order valence-corrected chi connectivity index (χ1v) is 10.6. The Hall–Kier alpha value is -2.83. The minimum absolute atomic E-state index is 0.00582. The quantitative estimate of drug-likeness (QED) is 0.619. The summed E-state index contributed by atoms with van der Waals surface area (Å²) in [7, 11) is 0. The maximum Gasteiger partial charge on any atom is 0.272 e. The predicted molar refractivity (Wildman–Crippen MR) is 121 cm³/mol. The third kappa shape index (κ3) is 3.93. The molecule has 3 aromatic rings. The third-order valence-electron chi connectivity index (χ3n) is 5.40. The molecule has 0 saturated carbocycles. The number of hydrogen-bond donors (Lipinski definition) is 2. The van der Waals surface area contributed by atoms with Gasteiger partial charge in [-0.15, -0.1) is 0 Å². The van der Waals surface area contributed by atoms with Crippen LogP contribution < -0.4 is 11.1 Å². The van der Waals surface area contributed by atoms with Crippen molar-refractivity contribution >= 4 is 23.2 Å². The van der Waals surface area contributed by atoms with E-state index >= 15 is 0 Å².